The first-order chi connectivity index (χ1) is 13.0. The highest BCUT2D eigenvalue weighted by atomic mass is 32.1. The van der Waals surface area contributed by atoms with Crippen molar-refractivity contribution in [2.45, 2.75) is 25.8 Å². The van der Waals surface area contributed by atoms with Gasteiger partial charge in [-0.05, 0) is 28.5 Å². The second-order valence-electron chi connectivity index (χ2n) is 6.78. The van der Waals surface area contributed by atoms with Crippen LogP contribution in [-0.4, -0.2) is 42.0 Å². The molecule has 1 amide bonds. The van der Waals surface area contributed by atoms with Crippen LogP contribution < -0.4 is 0 Å². The lowest BCUT2D eigenvalue weighted by Gasteiger charge is -2.26. The maximum atomic E-state index is 13.0. The molecule has 1 aromatic heterocycles. The van der Waals surface area contributed by atoms with Crippen LogP contribution >= 0.6 is 11.3 Å². The van der Waals surface area contributed by atoms with Gasteiger partial charge in [-0.25, -0.2) is 0 Å². The molecule has 0 saturated carbocycles. The summed E-state index contributed by atoms with van der Waals surface area (Å²) < 4.78 is 5.11. The van der Waals surface area contributed by atoms with Crippen LogP contribution in [0.2, 0.25) is 0 Å². The number of aliphatic hydroxyl groups is 1. The van der Waals surface area contributed by atoms with Gasteiger partial charge >= 0.3 is 0 Å². The zero-order chi connectivity index (χ0) is 19.6. The predicted molar refractivity (Wildman–Crippen MR) is 105 cm³/mol. The normalized spacial score (nSPS) is 17.3. The Hall–Kier alpha value is -2.44. The number of hydrogen-bond donors (Lipinski definition) is 1. The van der Waals surface area contributed by atoms with Gasteiger partial charge in [-0.15, -0.1) is 11.3 Å². The quantitative estimate of drug-likeness (QED) is 0.729. The standard InChI is InChI=1S/C21H23NO4S/c1-13(2)14-6-8-15(9-7-14)18-17(19(23)16-5-4-12-27-16)20(24)21(25)22(18)10-11-26-3/h4-9,12-13,18,24H,10-11H2,1-3H3/t18-/m1/s1. The fourth-order valence-electron chi connectivity index (χ4n) is 3.26. The van der Waals surface area contributed by atoms with Gasteiger partial charge in [0.15, 0.2) is 5.76 Å². The average molecular weight is 385 g/mol. The van der Waals surface area contributed by atoms with Crippen LogP contribution in [0.1, 0.15) is 46.6 Å². The van der Waals surface area contributed by atoms with Crippen molar-refractivity contribution in [2.75, 3.05) is 20.3 Å². The minimum absolute atomic E-state index is 0.135. The van der Waals surface area contributed by atoms with Crippen LogP contribution in [0.5, 0.6) is 0 Å². The number of benzene rings is 1. The predicted octanol–water partition coefficient (Wildman–Crippen LogP) is 4.10. The summed E-state index contributed by atoms with van der Waals surface area (Å²) in [4.78, 5) is 27.7. The number of Topliss-reactive ketones (excluding diaryl/α,β-unsaturated/α-hetero) is 1. The lowest BCUT2D eigenvalue weighted by Crippen LogP contribution is -2.34. The molecule has 0 unspecified atom stereocenters. The summed E-state index contributed by atoms with van der Waals surface area (Å²) in [6.07, 6.45) is 0. The molecule has 0 spiro atoms. The first-order valence-electron chi connectivity index (χ1n) is 8.86. The van der Waals surface area contributed by atoms with E-state index in [1.54, 1.807) is 24.6 Å². The molecule has 2 heterocycles. The highest BCUT2D eigenvalue weighted by Gasteiger charge is 2.43. The van der Waals surface area contributed by atoms with Crippen molar-refractivity contribution in [3.8, 4) is 0 Å². The summed E-state index contributed by atoms with van der Waals surface area (Å²) in [5, 5.41) is 12.3. The number of ether oxygens (including phenoxy) is 1. The Morgan fingerprint density at radius 2 is 1.96 bits per heavy atom. The fraction of sp³-hybridized carbons (Fsp3) is 0.333. The minimum Gasteiger partial charge on any atom is -0.503 e. The number of hydrogen-bond acceptors (Lipinski definition) is 5. The molecule has 1 aliphatic heterocycles. The van der Waals surface area contributed by atoms with Gasteiger partial charge in [0.05, 0.1) is 23.1 Å². The number of ketones is 1. The largest absolute Gasteiger partial charge is 0.503 e. The van der Waals surface area contributed by atoms with Gasteiger partial charge in [0.2, 0.25) is 5.78 Å². The molecule has 5 nitrogen and oxygen atoms in total. The van der Waals surface area contributed by atoms with Crippen LogP contribution in [0.15, 0.2) is 53.1 Å². The molecule has 142 valence electrons. The highest BCUT2D eigenvalue weighted by Crippen LogP contribution is 2.39. The maximum absolute atomic E-state index is 13.0. The Balaban J connectivity index is 2.05. The molecule has 0 fully saturated rings. The SMILES string of the molecule is COCCN1C(=O)C(O)=C(C(=O)c2cccs2)[C@H]1c1ccc(C(C)C)cc1. The van der Waals surface area contributed by atoms with Crippen molar-refractivity contribution in [3.63, 3.8) is 0 Å². The van der Waals surface area contributed by atoms with Crippen LogP contribution in [0, 0.1) is 0 Å². The summed E-state index contributed by atoms with van der Waals surface area (Å²) in [5.41, 5.74) is 2.11. The van der Waals surface area contributed by atoms with Crippen molar-refractivity contribution in [3.05, 3.63) is 69.1 Å². The van der Waals surface area contributed by atoms with E-state index in [0.29, 0.717) is 17.4 Å². The molecule has 2 aromatic rings. The van der Waals surface area contributed by atoms with E-state index in [1.165, 1.54) is 21.8 Å². The number of aliphatic hydroxyl groups excluding tert-OH is 1. The van der Waals surface area contributed by atoms with Gasteiger partial charge in [0.25, 0.3) is 5.91 Å². The number of methoxy groups -OCH3 is 1. The van der Waals surface area contributed by atoms with E-state index < -0.39 is 17.7 Å². The zero-order valence-electron chi connectivity index (χ0n) is 15.6. The third-order valence-electron chi connectivity index (χ3n) is 4.75. The van der Waals surface area contributed by atoms with Gasteiger partial charge < -0.3 is 14.7 Å². The van der Waals surface area contributed by atoms with E-state index in [-0.39, 0.29) is 17.9 Å². The Labute approximate surface area is 162 Å². The van der Waals surface area contributed by atoms with Gasteiger partial charge in [-0.3, -0.25) is 9.59 Å². The number of thiophene rings is 1. The monoisotopic (exact) mass is 385 g/mol. The average Bonchev–Trinajstić information content (AvgIpc) is 3.28. The lowest BCUT2D eigenvalue weighted by atomic mass is 9.93. The van der Waals surface area contributed by atoms with Crippen molar-refractivity contribution < 1.29 is 19.4 Å². The molecule has 1 aliphatic rings. The second-order valence-corrected chi connectivity index (χ2v) is 7.73. The van der Waals surface area contributed by atoms with Crippen molar-refractivity contribution in [1.82, 2.24) is 4.90 Å². The lowest BCUT2D eigenvalue weighted by molar-refractivity contribution is -0.130. The van der Waals surface area contributed by atoms with E-state index in [0.717, 1.165) is 5.56 Å². The molecule has 0 saturated heterocycles. The zero-order valence-corrected chi connectivity index (χ0v) is 16.5. The maximum Gasteiger partial charge on any atom is 0.290 e. The number of rotatable bonds is 7. The van der Waals surface area contributed by atoms with Crippen LogP contribution in [0.25, 0.3) is 0 Å². The summed E-state index contributed by atoms with van der Waals surface area (Å²) in [6.45, 7) is 4.82. The number of carbonyl (C=O) groups is 2. The third-order valence-corrected chi connectivity index (χ3v) is 5.62. The van der Waals surface area contributed by atoms with Crippen molar-refractivity contribution in [2.24, 2.45) is 0 Å². The first kappa shape index (κ1) is 19.3. The number of nitrogens with zero attached hydrogens (tertiary/aromatic N) is 1. The summed E-state index contributed by atoms with van der Waals surface area (Å²) >= 11 is 1.29. The summed E-state index contributed by atoms with van der Waals surface area (Å²) in [5.74, 6) is -0.939. The molecule has 0 aliphatic carbocycles. The van der Waals surface area contributed by atoms with Gasteiger partial charge in [0, 0.05) is 13.7 Å². The highest BCUT2D eigenvalue weighted by molar-refractivity contribution is 7.12. The molecule has 6 heteroatoms. The molecule has 0 radical (unpaired) electrons. The molecule has 1 N–H and O–H groups in total. The topological polar surface area (TPSA) is 66.8 Å². The van der Waals surface area contributed by atoms with E-state index in [2.05, 4.69) is 13.8 Å². The fourth-order valence-corrected chi connectivity index (χ4v) is 3.93. The molecular formula is C21H23NO4S. The Morgan fingerprint density at radius 1 is 1.26 bits per heavy atom. The second kappa shape index (κ2) is 8.06. The smallest absolute Gasteiger partial charge is 0.290 e. The first-order valence-corrected chi connectivity index (χ1v) is 9.74. The summed E-state index contributed by atoms with van der Waals surface area (Å²) in [7, 11) is 1.55. The van der Waals surface area contributed by atoms with Crippen LogP contribution in [-0.2, 0) is 9.53 Å². The van der Waals surface area contributed by atoms with Gasteiger partial charge in [-0.2, -0.15) is 0 Å². The Bertz CT molecular complexity index is 853. The van der Waals surface area contributed by atoms with E-state index >= 15 is 0 Å². The van der Waals surface area contributed by atoms with Crippen molar-refractivity contribution in [1.29, 1.82) is 0 Å². The molecule has 1 aromatic carbocycles. The molecule has 3 rings (SSSR count). The number of carbonyl (C=O) groups excluding carboxylic acids is 2. The van der Waals surface area contributed by atoms with Gasteiger partial charge in [0.1, 0.15) is 0 Å². The molecule has 0 bridgehead atoms. The summed E-state index contributed by atoms with van der Waals surface area (Å²) in [6, 6.07) is 10.7. The van der Waals surface area contributed by atoms with Crippen LogP contribution in [0.3, 0.4) is 0 Å². The molecular weight excluding hydrogens is 362 g/mol. The Kier molecular flexibility index (Phi) is 5.77. The Morgan fingerprint density at radius 3 is 2.52 bits per heavy atom. The minimum atomic E-state index is -0.622. The van der Waals surface area contributed by atoms with E-state index in [9.17, 15) is 14.7 Å². The van der Waals surface area contributed by atoms with Crippen LogP contribution in [0.4, 0.5) is 0 Å². The van der Waals surface area contributed by atoms with E-state index in [4.69, 9.17) is 4.74 Å². The van der Waals surface area contributed by atoms with Gasteiger partial charge in [-0.1, -0.05) is 44.2 Å². The number of amides is 1. The van der Waals surface area contributed by atoms with E-state index in [1.807, 2.05) is 24.3 Å². The third kappa shape index (κ3) is 3.68. The molecule has 27 heavy (non-hydrogen) atoms. The molecule has 1 atom stereocenters. The van der Waals surface area contributed by atoms with Crippen molar-refractivity contribution >= 4 is 23.0 Å².